The molecule has 1 amide bonds. The van der Waals surface area contributed by atoms with Gasteiger partial charge in [0, 0.05) is 31.4 Å². The SMILES string of the molecule is CCc1ccc(CN(C)C(=O)c2csc(-c3cnccn3)n2)cc1. The van der Waals surface area contributed by atoms with Gasteiger partial charge >= 0.3 is 0 Å². The lowest BCUT2D eigenvalue weighted by atomic mass is 10.1. The van der Waals surface area contributed by atoms with Crippen LogP contribution in [0.3, 0.4) is 0 Å². The average molecular weight is 338 g/mol. The molecule has 24 heavy (non-hydrogen) atoms. The normalized spacial score (nSPS) is 10.6. The van der Waals surface area contributed by atoms with Crippen molar-refractivity contribution in [3.8, 4) is 10.7 Å². The van der Waals surface area contributed by atoms with Crippen LogP contribution < -0.4 is 0 Å². The maximum absolute atomic E-state index is 12.6. The molecule has 0 unspecified atom stereocenters. The third kappa shape index (κ3) is 3.65. The Morgan fingerprint density at radius 2 is 1.92 bits per heavy atom. The molecule has 0 aliphatic carbocycles. The Hall–Kier alpha value is -2.60. The van der Waals surface area contributed by atoms with Crippen LogP contribution in [-0.2, 0) is 13.0 Å². The van der Waals surface area contributed by atoms with E-state index in [9.17, 15) is 4.79 Å². The molecule has 2 heterocycles. The number of hydrogen-bond donors (Lipinski definition) is 0. The predicted octanol–water partition coefficient (Wildman–Crippen LogP) is 3.43. The highest BCUT2D eigenvalue weighted by Crippen LogP contribution is 2.21. The van der Waals surface area contributed by atoms with E-state index in [2.05, 4.69) is 46.1 Å². The molecule has 3 aromatic rings. The van der Waals surface area contributed by atoms with Crippen molar-refractivity contribution in [1.82, 2.24) is 19.9 Å². The van der Waals surface area contributed by atoms with E-state index in [-0.39, 0.29) is 5.91 Å². The van der Waals surface area contributed by atoms with Crippen LogP contribution in [0, 0.1) is 0 Å². The van der Waals surface area contributed by atoms with Crippen LogP contribution in [0.15, 0.2) is 48.2 Å². The molecule has 2 aromatic heterocycles. The highest BCUT2D eigenvalue weighted by molar-refractivity contribution is 7.13. The number of carbonyl (C=O) groups excluding carboxylic acids is 1. The fourth-order valence-corrected chi connectivity index (χ4v) is 3.07. The molecule has 0 aliphatic rings. The summed E-state index contributed by atoms with van der Waals surface area (Å²) in [6.45, 7) is 2.68. The molecule has 0 atom stereocenters. The summed E-state index contributed by atoms with van der Waals surface area (Å²) in [7, 11) is 1.79. The minimum atomic E-state index is -0.0963. The molecule has 0 N–H and O–H groups in total. The van der Waals surface area contributed by atoms with E-state index in [1.807, 2.05) is 0 Å². The first kappa shape index (κ1) is 16.3. The van der Waals surface area contributed by atoms with Crippen LogP contribution >= 0.6 is 11.3 Å². The van der Waals surface area contributed by atoms with E-state index < -0.39 is 0 Å². The van der Waals surface area contributed by atoms with Gasteiger partial charge in [0.1, 0.15) is 16.4 Å². The van der Waals surface area contributed by atoms with E-state index in [1.54, 1.807) is 35.9 Å². The van der Waals surface area contributed by atoms with Crippen molar-refractivity contribution in [3.63, 3.8) is 0 Å². The standard InChI is InChI=1S/C18H18N4OS/c1-3-13-4-6-14(7-5-13)11-22(2)18(23)16-12-24-17(21-16)15-10-19-8-9-20-15/h4-10,12H,3,11H2,1-2H3. The molecule has 0 saturated heterocycles. The maximum atomic E-state index is 12.6. The lowest BCUT2D eigenvalue weighted by Crippen LogP contribution is -2.26. The number of aromatic nitrogens is 3. The van der Waals surface area contributed by atoms with Crippen LogP contribution in [0.1, 0.15) is 28.5 Å². The van der Waals surface area contributed by atoms with Crippen LogP contribution in [0.2, 0.25) is 0 Å². The van der Waals surface area contributed by atoms with Crippen molar-refractivity contribution >= 4 is 17.2 Å². The summed E-state index contributed by atoms with van der Waals surface area (Å²) in [5.74, 6) is -0.0963. The minimum Gasteiger partial charge on any atom is -0.336 e. The molecular weight excluding hydrogens is 320 g/mol. The smallest absolute Gasteiger partial charge is 0.273 e. The summed E-state index contributed by atoms with van der Waals surface area (Å²) in [6, 6.07) is 8.33. The molecule has 0 radical (unpaired) electrons. The first-order valence-electron chi connectivity index (χ1n) is 7.72. The number of aryl methyl sites for hydroxylation is 1. The Bertz CT molecular complexity index is 815. The number of amides is 1. The molecule has 0 aliphatic heterocycles. The van der Waals surface area contributed by atoms with E-state index >= 15 is 0 Å². The Morgan fingerprint density at radius 1 is 1.17 bits per heavy atom. The molecule has 0 fully saturated rings. The van der Waals surface area contributed by atoms with Gasteiger partial charge in [-0.3, -0.25) is 14.8 Å². The van der Waals surface area contributed by atoms with Crippen LogP contribution in [0.5, 0.6) is 0 Å². The summed E-state index contributed by atoms with van der Waals surface area (Å²) < 4.78 is 0. The lowest BCUT2D eigenvalue weighted by molar-refractivity contribution is 0.0780. The van der Waals surface area contributed by atoms with Crippen molar-refractivity contribution in [2.75, 3.05) is 7.05 Å². The molecule has 122 valence electrons. The second-order valence-corrected chi connectivity index (χ2v) is 6.32. The number of rotatable bonds is 5. The third-order valence-electron chi connectivity index (χ3n) is 3.70. The molecule has 5 nitrogen and oxygen atoms in total. The van der Waals surface area contributed by atoms with Crippen LogP contribution in [-0.4, -0.2) is 32.8 Å². The average Bonchev–Trinajstić information content (AvgIpc) is 3.12. The molecule has 3 rings (SSSR count). The van der Waals surface area contributed by atoms with Gasteiger partial charge in [-0.2, -0.15) is 0 Å². The Kier molecular flexibility index (Phi) is 4.96. The Morgan fingerprint density at radius 3 is 2.58 bits per heavy atom. The van der Waals surface area contributed by atoms with E-state index in [0.29, 0.717) is 22.9 Å². The largest absolute Gasteiger partial charge is 0.336 e. The third-order valence-corrected chi connectivity index (χ3v) is 4.57. The zero-order valence-electron chi connectivity index (χ0n) is 13.6. The van der Waals surface area contributed by atoms with Gasteiger partial charge in [0.2, 0.25) is 0 Å². The number of benzene rings is 1. The van der Waals surface area contributed by atoms with Crippen LogP contribution in [0.4, 0.5) is 0 Å². The van der Waals surface area contributed by atoms with Gasteiger partial charge in [-0.1, -0.05) is 31.2 Å². The highest BCUT2D eigenvalue weighted by atomic mass is 32.1. The summed E-state index contributed by atoms with van der Waals surface area (Å²) >= 11 is 1.40. The lowest BCUT2D eigenvalue weighted by Gasteiger charge is -2.16. The van der Waals surface area contributed by atoms with Gasteiger partial charge in [0.05, 0.1) is 6.20 Å². The first-order valence-corrected chi connectivity index (χ1v) is 8.60. The molecule has 1 aromatic carbocycles. The van der Waals surface area contributed by atoms with E-state index in [4.69, 9.17) is 0 Å². The number of carbonyl (C=O) groups is 1. The monoisotopic (exact) mass is 338 g/mol. The Labute approximate surface area is 145 Å². The van der Waals surface area contributed by atoms with Gasteiger partial charge in [0.15, 0.2) is 0 Å². The minimum absolute atomic E-state index is 0.0963. The number of nitrogens with zero attached hydrogens (tertiary/aromatic N) is 4. The summed E-state index contributed by atoms with van der Waals surface area (Å²) in [5.41, 5.74) is 3.51. The van der Waals surface area contributed by atoms with Crippen molar-refractivity contribution in [2.24, 2.45) is 0 Å². The van der Waals surface area contributed by atoms with Crippen molar-refractivity contribution in [1.29, 1.82) is 0 Å². The summed E-state index contributed by atoms with van der Waals surface area (Å²) in [4.78, 5) is 26.9. The summed E-state index contributed by atoms with van der Waals surface area (Å²) in [6.07, 6.45) is 5.89. The molecule has 0 saturated carbocycles. The molecular formula is C18H18N4OS. The quantitative estimate of drug-likeness (QED) is 0.715. The first-order chi connectivity index (χ1) is 11.7. The van der Waals surface area contributed by atoms with Crippen molar-refractivity contribution in [2.45, 2.75) is 19.9 Å². The van der Waals surface area contributed by atoms with E-state index in [0.717, 1.165) is 12.0 Å². The van der Waals surface area contributed by atoms with Crippen LogP contribution in [0.25, 0.3) is 10.7 Å². The zero-order valence-corrected chi connectivity index (χ0v) is 14.5. The predicted molar refractivity (Wildman–Crippen MR) is 94.8 cm³/mol. The molecule has 0 bridgehead atoms. The number of hydrogen-bond acceptors (Lipinski definition) is 5. The fraction of sp³-hybridized carbons (Fsp3) is 0.222. The topological polar surface area (TPSA) is 59.0 Å². The van der Waals surface area contributed by atoms with Crippen molar-refractivity contribution < 1.29 is 4.79 Å². The maximum Gasteiger partial charge on any atom is 0.273 e. The Balaban J connectivity index is 1.70. The van der Waals surface area contributed by atoms with Gasteiger partial charge in [-0.05, 0) is 17.5 Å². The van der Waals surface area contributed by atoms with Gasteiger partial charge < -0.3 is 4.90 Å². The summed E-state index contributed by atoms with van der Waals surface area (Å²) in [5, 5.41) is 2.47. The molecule has 6 heteroatoms. The second kappa shape index (κ2) is 7.31. The number of thiazole rings is 1. The fourth-order valence-electron chi connectivity index (χ4n) is 2.32. The van der Waals surface area contributed by atoms with Crippen molar-refractivity contribution in [3.05, 3.63) is 65.1 Å². The highest BCUT2D eigenvalue weighted by Gasteiger charge is 2.16. The van der Waals surface area contributed by atoms with Gasteiger partial charge in [-0.25, -0.2) is 4.98 Å². The van der Waals surface area contributed by atoms with Gasteiger partial charge in [0.25, 0.3) is 5.91 Å². The second-order valence-electron chi connectivity index (χ2n) is 5.46. The van der Waals surface area contributed by atoms with Gasteiger partial charge in [-0.15, -0.1) is 11.3 Å². The zero-order chi connectivity index (χ0) is 16.9. The van der Waals surface area contributed by atoms with E-state index in [1.165, 1.54) is 16.9 Å². The molecule has 0 spiro atoms.